The van der Waals surface area contributed by atoms with Crippen molar-refractivity contribution in [3.8, 4) is 5.75 Å². The zero-order valence-electron chi connectivity index (χ0n) is 13.2. The molecule has 0 aliphatic carbocycles. The van der Waals surface area contributed by atoms with E-state index in [2.05, 4.69) is 15.8 Å². The molecular formula is C16H15ClN4O4. The molecule has 0 unspecified atom stereocenters. The normalized spacial score (nSPS) is 10.5. The van der Waals surface area contributed by atoms with Gasteiger partial charge in [-0.3, -0.25) is 14.9 Å². The summed E-state index contributed by atoms with van der Waals surface area (Å²) in [5, 5.41) is 17.5. The Labute approximate surface area is 148 Å². The molecule has 25 heavy (non-hydrogen) atoms. The molecule has 0 saturated carbocycles. The number of rotatable bonds is 7. The van der Waals surface area contributed by atoms with Crippen LogP contribution in [0.1, 0.15) is 5.56 Å². The van der Waals surface area contributed by atoms with Gasteiger partial charge in [-0.05, 0) is 30.3 Å². The number of amides is 1. The predicted octanol–water partition coefficient (Wildman–Crippen LogP) is 2.82. The van der Waals surface area contributed by atoms with Gasteiger partial charge in [-0.2, -0.15) is 5.10 Å². The molecule has 0 spiro atoms. The Bertz CT molecular complexity index is 793. The van der Waals surface area contributed by atoms with Gasteiger partial charge in [-0.15, -0.1) is 0 Å². The van der Waals surface area contributed by atoms with Gasteiger partial charge in [-0.25, -0.2) is 5.43 Å². The molecule has 0 atom stereocenters. The Morgan fingerprint density at radius 1 is 1.32 bits per heavy atom. The van der Waals surface area contributed by atoms with Gasteiger partial charge in [0.05, 0.1) is 24.8 Å². The van der Waals surface area contributed by atoms with Crippen LogP contribution in [0.25, 0.3) is 0 Å². The molecule has 0 radical (unpaired) electrons. The van der Waals surface area contributed by atoms with Crippen LogP contribution in [0.15, 0.2) is 47.6 Å². The topological polar surface area (TPSA) is 106 Å². The number of anilines is 1. The number of benzene rings is 2. The highest BCUT2D eigenvalue weighted by molar-refractivity contribution is 6.32. The molecule has 0 aliphatic rings. The van der Waals surface area contributed by atoms with Crippen LogP contribution in [0.4, 0.5) is 11.4 Å². The number of hydrogen-bond donors (Lipinski definition) is 2. The van der Waals surface area contributed by atoms with Gasteiger partial charge < -0.3 is 10.1 Å². The highest BCUT2D eigenvalue weighted by atomic mass is 35.5. The van der Waals surface area contributed by atoms with Gasteiger partial charge >= 0.3 is 0 Å². The van der Waals surface area contributed by atoms with Crippen molar-refractivity contribution in [3.63, 3.8) is 0 Å². The number of methoxy groups -OCH3 is 1. The molecule has 1 amide bonds. The lowest BCUT2D eigenvalue weighted by molar-refractivity contribution is -0.384. The molecule has 0 saturated heterocycles. The first-order valence-corrected chi connectivity index (χ1v) is 7.51. The van der Waals surface area contributed by atoms with Gasteiger partial charge in [0.1, 0.15) is 10.8 Å². The summed E-state index contributed by atoms with van der Waals surface area (Å²) in [6, 6.07) is 11.3. The lowest BCUT2D eigenvalue weighted by atomic mass is 10.2. The molecule has 2 aromatic rings. The lowest BCUT2D eigenvalue weighted by Crippen LogP contribution is -2.25. The number of nitro benzene ring substituents is 1. The highest BCUT2D eigenvalue weighted by Gasteiger charge is 2.11. The Morgan fingerprint density at radius 2 is 2.04 bits per heavy atom. The number of ether oxygens (including phenoxy) is 1. The van der Waals surface area contributed by atoms with E-state index in [0.29, 0.717) is 5.56 Å². The van der Waals surface area contributed by atoms with Crippen LogP contribution in [0, 0.1) is 10.1 Å². The maximum atomic E-state index is 11.7. The Morgan fingerprint density at radius 3 is 2.68 bits per heavy atom. The van der Waals surface area contributed by atoms with Crippen LogP contribution >= 0.6 is 11.6 Å². The van der Waals surface area contributed by atoms with Crippen LogP contribution in [-0.2, 0) is 4.79 Å². The van der Waals surface area contributed by atoms with Crippen molar-refractivity contribution in [2.45, 2.75) is 0 Å². The zero-order chi connectivity index (χ0) is 18.2. The van der Waals surface area contributed by atoms with Crippen LogP contribution in [-0.4, -0.2) is 30.7 Å². The van der Waals surface area contributed by atoms with E-state index in [1.54, 1.807) is 37.4 Å². The van der Waals surface area contributed by atoms with Crippen molar-refractivity contribution in [1.82, 2.24) is 5.43 Å². The summed E-state index contributed by atoms with van der Waals surface area (Å²) < 4.78 is 5.04. The molecule has 8 nitrogen and oxygen atoms in total. The van der Waals surface area contributed by atoms with Gasteiger partial charge in [0.15, 0.2) is 0 Å². The summed E-state index contributed by atoms with van der Waals surface area (Å²) in [5.74, 6) is 0.354. The third kappa shape index (κ3) is 5.47. The molecule has 0 heterocycles. The molecule has 2 rings (SSSR count). The van der Waals surface area contributed by atoms with Gasteiger partial charge in [0, 0.05) is 17.3 Å². The van der Waals surface area contributed by atoms with Crippen molar-refractivity contribution in [3.05, 3.63) is 63.2 Å². The highest BCUT2D eigenvalue weighted by Crippen LogP contribution is 2.24. The van der Waals surface area contributed by atoms with Crippen molar-refractivity contribution in [1.29, 1.82) is 0 Å². The fraction of sp³-hybridized carbons (Fsp3) is 0.125. The largest absolute Gasteiger partial charge is 0.497 e. The molecule has 2 N–H and O–H groups in total. The summed E-state index contributed by atoms with van der Waals surface area (Å²) in [7, 11) is 1.57. The average Bonchev–Trinajstić information content (AvgIpc) is 2.61. The molecule has 130 valence electrons. The van der Waals surface area contributed by atoms with Crippen molar-refractivity contribution < 1.29 is 14.5 Å². The second-order valence-corrected chi connectivity index (χ2v) is 5.25. The van der Waals surface area contributed by atoms with Crippen LogP contribution in [0.3, 0.4) is 0 Å². The summed E-state index contributed by atoms with van der Waals surface area (Å²) in [6.07, 6.45) is 1.30. The van der Waals surface area contributed by atoms with E-state index >= 15 is 0 Å². The third-order valence-electron chi connectivity index (χ3n) is 3.11. The maximum absolute atomic E-state index is 11.7. The lowest BCUT2D eigenvalue weighted by Gasteiger charge is -2.06. The molecule has 2 aromatic carbocycles. The minimum atomic E-state index is -0.586. The molecule has 9 heteroatoms. The minimum absolute atomic E-state index is 0.0183. The van der Waals surface area contributed by atoms with E-state index in [-0.39, 0.29) is 23.2 Å². The minimum Gasteiger partial charge on any atom is -0.497 e. The SMILES string of the molecule is COc1ccc(NCC(=O)NN=Cc2ccc(Cl)c([N+](=O)[O-])c2)cc1. The standard InChI is InChI=1S/C16H15ClN4O4/c1-25-13-5-3-12(4-6-13)18-10-16(22)20-19-9-11-2-7-14(17)15(8-11)21(23)24/h2-9,18H,10H2,1H3,(H,20,22). The number of hydrazone groups is 1. The van der Waals surface area contributed by atoms with Crippen molar-refractivity contribution in [2.24, 2.45) is 5.10 Å². The molecule has 0 fully saturated rings. The number of carbonyl (C=O) groups is 1. The number of halogens is 1. The summed E-state index contributed by atoms with van der Waals surface area (Å²) in [4.78, 5) is 21.9. The number of nitro groups is 1. The zero-order valence-corrected chi connectivity index (χ0v) is 14.0. The number of nitrogens with zero attached hydrogens (tertiary/aromatic N) is 2. The number of carbonyl (C=O) groups excluding carboxylic acids is 1. The maximum Gasteiger partial charge on any atom is 0.288 e. The Balaban J connectivity index is 1.85. The molecule has 0 aromatic heterocycles. The second-order valence-electron chi connectivity index (χ2n) is 4.84. The van der Waals surface area contributed by atoms with Gasteiger partial charge in [0.2, 0.25) is 0 Å². The van der Waals surface area contributed by atoms with Crippen LogP contribution < -0.4 is 15.5 Å². The fourth-order valence-electron chi connectivity index (χ4n) is 1.86. The van der Waals surface area contributed by atoms with E-state index < -0.39 is 4.92 Å². The van der Waals surface area contributed by atoms with Crippen molar-refractivity contribution >= 4 is 35.1 Å². The smallest absolute Gasteiger partial charge is 0.288 e. The first-order valence-electron chi connectivity index (χ1n) is 7.13. The van der Waals surface area contributed by atoms with Gasteiger partial charge in [-0.1, -0.05) is 17.7 Å². The monoisotopic (exact) mass is 362 g/mol. The van der Waals surface area contributed by atoms with Crippen molar-refractivity contribution in [2.75, 3.05) is 19.0 Å². The van der Waals surface area contributed by atoms with Gasteiger partial charge in [0.25, 0.3) is 11.6 Å². The van der Waals surface area contributed by atoms with Crippen LogP contribution in [0.2, 0.25) is 5.02 Å². The number of hydrogen-bond acceptors (Lipinski definition) is 6. The first kappa shape index (κ1) is 18.2. The summed E-state index contributed by atoms with van der Waals surface area (Å²) in [5.41, 5.74) is 3.31. The second kappa shape index (κ2) is 8.65. The summed E-state index contributed by atoms with van der Waals surface area (Å²) in [6.45, 7) is 0.0183. The molecular weight excluding hydrogens is 348 g/mol. The quantitative estimate of drug-likeness (QED) is 0.447. The Hall–Kier alpha value is -3.13. The fourth-order valence-corrected chi connectivity index (χ4v) is 2.05. The average molecular weight is 363 g/mol. The third-order valence-corrected chi connectivity index (χ3v) is 3.43. The van der Waals surface area contributed by atoms with E-state index in [1.165, 1.54) is 18.3 Å². The predicted molar refractivity (Wildman–Crippen MR) is 95.3 cm³/mol. The van der Waals surface area contributed by atoms with E-state index in [0.717, 1.165) is 11.4 Å². The van der Waals surface area contributed by atoms with E-state index in [9.17, 15) is 14.9 Å². The Kier molecular flexibility index (Phi) is 6.30. The summed E-state index contributed by atoms with van der Waals surface area (Å²) >= 11 is 5.72. The first-order chi connectivity index (χ1) is 12.0. The molecule has 0 aliphatic heterocycles. The van der Waals surface area contributed by atoms with E-state index in [4.69, 9.17) is 16.3 Å². The van der Waals surface area contributed by atoms with E-state index in [1.807, 2.05) is 0 Å². The molecule has 0 bridgehead atoms. The van der Waals surface area contributed by atoms with Crippen LogP contribution in [0.5, 0.6) is 5.75 Å². The number of nitrogens with one attached hydrogen (secondary N) is 2.